The zero-order chi connectivity index (χ0) is 13.2. The molecule has 1 aliphatic rings. The van der Waals surface area contributed by atoms with Gasteiger partial charge in [-0.1, -0.05) is 43.2 Å². The third kappa shape index (κ3) is 2.11. The van der Waals surface area contributed by atoms with E-state index in [-0.39, 0.29) is 0 Å². The third-order valence-electron chi connectivity index (χ3n) is 3.86. The van der Waals surface area contributed by atoms with E-state index in [1.54, 1.807) is 30.3 Å². The van der Waals surface area contributed by atoms with Crippen LogP contribution in [0.5, 0.6) is 0 Å². The van der Waals surface area contributed by atoms with Crippen molar-refractivity contribution < 1.29 is 18.7 Å². The predicted molar refractivity (Wildman–Crippen MR) is 63.8 cm³/mol. The average molecular weight is 254 g/mol. The van der Waals surface area contributed by atoms with Gasteiger partial charge in [0.25, 0.3) is 5.92 Å². The molecule has 0 spiro atoms. The second-order valence-electron chi connectivity index (χ2n) is 4.93. The molecule has 0 aliphatic heterocycles. The second kappa shape index (κ2) is 4.67. The number of carbonyl (C=O) groups is 1. The van der Waals surface area contributed by atoms with E-state index in [2.05, 4.69) is 0 Å². The van der Waals surface area contributed by atoms with Crippen molar-refractivity contribution in [1.29, 1.82) is 0 Å². The Bertz CT molecular complexity index is 423. The molecule has 1 aromatic rings. The fourth-order valence-electron chi connectivity index (χ4n) is 2.96. The summed E-state index contributed by atoms with van der Waals surface area (Å²) < 4.78 is 28.7. The molecule has 0 amide bonds. The lowest BCUT2D eigenvalue weighted by atomic mass is 9.72. The molecular weight excluding hydrogens is 238 g/mol. The van der Waals surface area contributed by atoms with Gasteiger partial charge < -0.3 is 5.11 Å². The monoisotopic (exact) mass is 254 g/mol. The molecule has 0 atom stereocenters. The first-order chi connectivity index (χ1) is 8.48. The van der Waals surface area contributed by atoms with Gasteiger partial charge in [-0.3, -0.25) is 4.79 Å². The first-order valence-electron chi connectivity index (χ1n) is 6.13. The molecule has 18 heavy (non-hydrogen) atoms. The molecule has 0 unspecified atom stereocenters. The minimum Gasteiger partial charge on any atom is -0.481 e. The summed E-state index contributed by atoms with van der Waals surface area (Å²) in [4.78, 5) is 10.7. The summed E-state index contributed by atoms with van der Waals surface area (Å²) in [5.41, 5.74) is -0.735. The van der Waals surface area contributed by atoms with Crippen molar-refractivity contribution in [3.05, 3.63) is 35.9 Å². The average Bonchev–Trinajstić information content (AvgIpc) is 2.79. The topological polar surface area (TPSA) is 37.3 Å². The van der Waals surface area contributed by atoms with Crippen LogP contribution in [-0.4, -0.2) is 17.0 Å². The first-order valence-corrected chi connectivity index (χ1v) is 6.13. The Morgan fingerprint density at radius 1 is 1.22 bits per heavy atom. The minimum atomic E-state index is -3.20. The van der Waals surface area contributed by atoms with Crippen molar-refractivity contribution in [1.82, 2.24) is 0 Å². The van der Waals surface area contributed by atoms with E-state index in [9.17, 15) is 13.6 Å². The zero-order valence-electron chi connectivity index (χ0n) is 10.0. The molecule has 0 bridgehead atoms. The molecule has 0 radical (unpaired) electrons. The number of alkyl halides is 2. The lowest BCUT2D eigenvalue weighted by molar-refractivity contribution is -0.152. The fourth-order valence-corrected chi connectivity index (χ4v) is 2.96. The SMILES string of the molecule is O=C(O)CC(F)(F)C1(c2ccccc2)CCCC1. The van der Waals surface area contributed by atoms with Crippen LogP contribution in [0.4, 0.5) is 8.78 Å². The van der Waals surface area contributed by atoms with Crippen molar-refractivity contribution >= 4 is 5.97 Å². The van der Waals surface area contributed by atoms with Gasteiger partial charge >= 0.3 is 5.97 Å². The van der Waals surface area contributed by atoms with Crippen molar-refractivity contribution in [2.75, 3.05) is 0 Å². The number of hydrogen-bond acceptors (Lipinski definition) is 1. The smallest absolute Gasteiger partial charge is 0.309 e. The maximum atomic E-state index is 14.3. The highest BCUT2D eigenvalue weighted by atomic mass is 19.3. The van der Waals surface area contributed by atoms with Gasteiger partial charge in [0, 0.05) is 0 Å². The molecule has 2 rings (SSSR count). The maximum Gasteiger partial charge on any atom is 0.309 e. The summed E-state index contributed by atoms with van der Waals surface area (Å²) in [6.07, 6.45) is 1.07. The van der Waals surface area contributed by atoms with Gasteiger partial charge in [-0.2, -0.15) is 0 Å². The predicted octanol–water partition coefficient (Wildman–Crippen LogP) is 3.61. The molecule has 1 saturated carbocycles. The number of carboxylic acid groups (broad SMARTS) is 1. The molecule has 0 aromatic heterocycles. The van der Waals surface area contributed by atoms with Crippen LogP contribution in [0.1, 0.15) is 37.7 Å². The standard InChI is InChI=1S/C14H16F2O2/c15-14(16,10-12(17)18)13(8-4-5-9-13)11-6-2-1-3-7-11/h1-3,6-7H,4-5,8-10H2,(H,17,18). The van der Waals surface area contributed by atoms with Crippen molar-refractivity contribution in [2.24, 2.45) is 0 Å². The normalized spacial score (nSPS) is 18.8. The summed E-state index contributed by atoms with van der Waals surface area (Å²) in [6, 6.07) is 8.60. The number of halogens is 2. The van der Waals surface area contributed by atoms with Crippen LogP contribution in [0.25, 0.3) is 0 Å². The summed E-state index contributed by atoms with van der Waals surface area (Å²) in [5.74, 6) is -4.64. The number of rotatable bonds is 4. The second-order valence-corrected chi connectivity index (χ2v) is 4.93. The zero-order valence-corrected chi connectivity index (χ0v) is 10.0. The van der Waals surface area contributed by atoms with Gasteiger partial charge in [-0.05, 0) is 18.4 Å². The van der Waals surface area contributed by atoms with Crippen LogP contribution in [0.3, 0.4) is 0 Å². The lowest BCUT2D eigenvalue weighted by Crippen LogP contribution is -2.44. The van der Waals surface area contributed by atoms with Crippen LogP contribution < -0.4 is 0 Å². The Morgan fingerprint density at radius 3 is 2.28 bits per heavy atom. The molecule has 0 saturated heterocycles. The van der Waals surface area contributed by atoms with Crippen molar-refractivity contribution in [2.45, 2.75) is 43.4 Å². The van der Waals surface area contributed by atoms with E-state index < -0.39 is 23.7 Å². The quantitative estimate of drug-likeness (QED) is 0.891. The van der Waals surface area contributed by atoms with Crippen LogP contribution in [0.2, 0.25) is 0 Å². The van der Waals surface area contributed by atoms with Gasteiger partial charge in [0.2, 0.25) is 0 Å². The molecule has 2 nitrogen and oxygen atoms in total. The van der Waals surface area contributed by atoms with Gasteiger partial charge in [-0.25, -0.2) is 8.78 Å². The van der Waals surface area contributed by atoms with E-state index in [0.717, 1.165) is 12.8 Å². The Balaban J connectivity index is 2.41. The van der Waals surface area contributed by atoms with E-state index >= 15 is 0 Å². The summed E-state index contributed by atoms with van der Waals surface area (Å²) >= 11 is 0. The molecule has 98 valence electrons. The molecular formula is C14H16F2O2. The highest BCUT2D eigenvalue weighted by Crippen LogP contribution is 2.52. The first kappa shape index (κ1) is 13.0. The summed E-state index contributed by atoms with van der Waals surface area (Å²) in [5, 5.41) is 8.69. The Kier molecular flexibility index (Phi) is 3.37. The van der Waals surface area contributed by atoms with E-state index in [1.807, 2.05) is 0 Å². The molecule has 0 heterocycles. The van der Waals surface area contributed by atoms with E-state index in [1.165, 1.54) is 0 Å². The number of aliphatic carboxylic acids is 1. The number of carboxylic acids is 1. The lowest BCUT2D eigenvalue weighted by Gasteiger charge is -2.37. The highest BCUT2D eigenvalue weighted by Gasteiger charge is 2.56. The van der Waals surface area contributed by atoms with Crippen LogP contribution in [0.15, 0.2) is 30.3 Å². The Morgan fingerprint density at radius 2 is 1.78 bits per heavy atom. The molecule has 1 N–H and O–H groups in total. The molecule has 1 fully saturated rings. The van der Waals surface area contributed by atoms with Crippen LogP contribution in [-0.2, 0) is 10.2 Å². The largest absolute Gasteiger partial charge is 0.481 e. The van der Waals surface area contributed by atoms with Crippen molar-refractivity contribution in [3.63, 3.8) is 0 Å². The third-order valence-corrected chi connectivity index (χ3v) is 3.86. The molecule has 1 aromatic carbocycles. The van der Waals surface area contributed by atoms with Gasteiger partial charge in [0.15, 0.2) is 0 Å². The minimum absolute atomic E-state index is 0.358. The summed E-state index contributed by atoms with van der Waals surface area (Å²) in [7, 11) is 0. The van der Waals surface area contributed by atoms with Gasteiger partial charge in [0.05, 0.1) is 5.41 Å². The van der Waals surface area contributed by atoms with E-state index in [0.29, 0.717) is 18.4 Å². The highest BCUT2D eigenvalue weighted by molar-refractivity contribution is 5.68. The van der Waals surface area contributed by atoms with Crippen LogP contribution >= 0.6 is 0 Å². The number of hydrogen-bond donors (Lipinski definition) is 1. The Labute approximate surface area is 105 Å². The van der Waals surface area contributed by atoms with Crippen LogP contribution in [0, 0.1) is 0 Å². The molecule has 1 aliphatic carbocycles. The number of benzene rings is 1. The Hall–Kier alpha value is -1.45. The summed E-state index contributed by atoms with van der Waals surface area (Å²) in [6.45, 7) is 0. The van der Waals surface area contributed by atoms with Gasteiger partial charge in [-0.15, -0.1) is 0 Å². The van der Waals surface area contributed by atoms with Gasteiger partial charge in [0.1, 0.15) is 6.42 Å². The van der Waals surface area contributed by atoms with E-state index in [4.69, 9.17) is 5.11 Å². The van der Waals surface area contributed by atoms with Crippen molar-refractivity contribution in [3.8, 4) is 0 Å². The maximum absolute atomic E-state index is 14.3. The molecule has 4 heteroatoms. The fraction of sp³-hybridized carbons (Fsp3) is 0.500.